The fourth-order valence-electron chi connectivity index (χ4n) is 2.22. The van der Waals surface area contributed by atoms with Crippen molar-refractivity contribution in [2.45, 2.75) is 24.8 Å². The van der Waals surface area contributed by atoms with Crippen LogP contribution in [0.25, 0.3) is 0 Å². The number of rotatable bonds is 5. The molecule has 0 heterocycles. The van der Waals surface area contributed by atoms with Crippen molar-refractivity contribution in [1.82, 2.24) is 5.32 Å². The smallest absolute Gasteiger partial charge is 0.0571 e. The van der Waals surface area contributed by atoms with E-state index in [0.29, 0.717) is 6.04 Å². The summed E-state index contributed by atoms with van der Waals surface area (Å²) in [5.74, 6) is 2.35. The van der Waals surface area contributed by atoms with Crippen molar-refractivity contribution in [3.63, 3.8) is 0 Å². The number of halogens is 1. The van der Waals surface area contributed by atoms with Crippen molar-refractivity contribution in [1.29, 1.82) is 0 Å². The van der Waals surface area contributed by atoms with Gasteiger partial charge >= 0.3 is 0 Å². The zero-order valence-electron chi connectivity index (χ0n) is 9.58. The van der Waals surface area contributed by atoms with Crippen molar-refractivity contribution in [2.24, 2.45) is 0 Å². The summed E-state index contributed by atoms with van der Waals surface area (Å²) >= 11 is 8.36. The van der Waals surface area contributed by atoms with E-state index < -0.39 is 0 Å². The largest absolute Gasteiger partial charge is 0.308 e. The van der Waals surface area contributed by atoms with Crippen molar-refractivity contribution in [3.05, 3.63) is 35.4 Å². The molecule has 0 bridgehead atoms. The zero-order valence-corrected chi connectivity index (χ0v) is 11.2. The van der Waals surface area contributed by atoms with Gasteiger partial charge in [-0.2, -0.15) is 11.8 Å². The summed E-state index contributed by atoms with van der Waals surface area (Å²) in [7, 11) is 0. The average molecular weight is 256 g/mol. The Morgan fingerprint density at radius 1 is 1.44 bits per heavy atom. The minimum Gasteiger partial charge on any atom is -0.308 e. The molecule has 1 nitrogen and oxygen atoms in total. The normalized spacial score (nSPS) is 23.4. The Kier molecular flexibility index (Phi) is 4.56. The maximum absolute atomic E-state index is 6.39. The molecule has 0 amide bonds. The Morgan fingerprint density at radius 2 is 2.25 bits per heavy atom. The highest BCUT2D eigenvalue weighted by Gasteiger charge is 2.29. The molecule has 1 aliphatic rings. The third-order valence-corrected chi connectivity index (χ3v) is 4.29. The number of alkyl halides is 1. The first kappa shape index (κ1) is 12.3. The van der Waals surface area contributed by atoms with Gasteiger partial charge in [0.2, 0.25) is 0 Å². The molecule has 1 aromatic carbocycles. The molecule has 2 atom stereocenters. The van der Waals surface area contributed by atoms with Gasteiger partial charge in [-0.05, 0) is 23.3 Å². The maximum Gasteiger partial charge on any atom is 0.0571 e. The predicted octanol–water partition coefficient (Wildman–Crippen LogP) is 3.23. The molecule has 0 aromatic heterocycles. The van der Waals surface area contributed by atoms with Gasteiger partial charge in [0, 0.05) is 18.3 Å². The van der Waals surface area contributed by atoms with Crippen LogP contribution in [0.5, 0.6) is 0 Å². The second kappa shape index (κ2) is 5.95. The molecule has 2 unspecified atom stereocenters. The minimum atomic E-state index is 0.212. The summed E-state index contributed by atoms with van der Waals surface area (Å²) in [4.78, 5) is 0. The van der Waals surface area contributed by atoms with E-state index in [2.05, 4.69) is 36.5 Å². The summed E-state index contributed by atoms with van der Waals surface area (Å²) in [6.45, 7) is 3.24. The second-order valence-corrected chi connectivity index (χ2v) is 6.00. The topological polar surface area (TPSA) is 12.0 Å². The molecule has 16 heavy (non-hydrogen) atoms. The molecule has 88 valence electrons. The van der Waals surface area contributed by atoms with Gasteiger partial charge in [-0.3, -0.25) is 0 Å². The summed E-state index contributed by atoms with van der Waals surface area (Å²) in [5.41, 5.74) is 2.80. The van der Waals surface area contributed by atoms with E-state index >= 15 is 0 Å². The SMILES string of the molecule is CCSCCNC1c2ccccc2CC1Cl. The number of benzene rings is 1. The van der Waals surface area contributed by atoms with Crippen molar-refractivity contribution >= 4 is 23.4 Å². The van der Waals surface area contributed by atoms with Crippen LogP contribution in [0.2, 0.25) is 0 Å². The third kappa shape index (κ3) is 2.73. The lowest BCUT2D eigenvalue weighted by Gasteiger charge is -2.17. The number of thioether (sulfide) groups is 1. The van der Waals surface area contributed by atoms with Gasteiger partial charge in [0.15, 0.2) is 0 Å². The minimum absolute atomic E-state index is 0.212. The van der Waals surface area contributed by atoms with Crippen molar-refractivity contribution in [2.75, 3.05) is 18.1 Å². The highest BCUT2D eigenvalue weighted by molar-refractivity contribution is 7.99. The molecule has 3 heteroatoms. The first-order chi connectivity index (χ1) is 7.83. The third-order valence-electron chi connectivity index (χ3n) is 2.98. The van der Waals surface area contributed by atoms with Crippen LogP contribution in [0, 0.1) is 0 Å². The molecule has 1 N–H and O–H groups in total. The van der Waals surface area contributed by atoms with Crippen LogP contribution < -0.4 is 5.32 Å². The predicted molar refractivity (Wildman–Crippen MR) is 73.5 cm³/mol. The van der Waals surface area contributed by atoms with Crippen LogP contribution in [0.3, 0.4) is 0 Å². The fraction of sp³-hybridized carbons (Fsp3) is 0.538. The molecular formula is C13H18ClNS. The van der Waals surface area contributed by atoms with E-state index in [1.165, 1.54) is 22.6 Å². The van der Waals surface area contributed by atoms with E-state index in [1.807, 2.05) is 11.8 Å². The van der Waals surface area contributed by atoms with E-state index in [4.69, 9.17) is 11.6 Å². The highest BCUT2D eigenvalue weighted by atomic mass is 35.5. The first-order valence-corrected chi connectivity index (χ1v) is 7.45. The van der Waals surface area contributed by atoms with Gasteiger partial charge in [-0.25, -0.2) is 0 Å². The van der Waals surface area contributed by atoms with Crippen LogP contribution in [0.4, 0.5) is 0 Å². The quantitative estimate of drug-likeness (QED) is 0.641. The van der Waals surface area contributed by atoms with Crippen LogP contribution in [0.15, 0.2) is 24.3 Å². The van der Waals surface area contributed by atoms with E-state index in [9.17, 15) is 0 Å². The Labute approximate surface area is 107 Å². The number of hydrogen-bond acceptors (Lipinski definition) is 2. The fourth-order valence-corrected chi connectivity index (χ4v) is 3.16. The van der Waals surface area contributed by atoms with Gasteiger partial charge in [0.1, 0.15) is 0 Å². The van der Waals surface area contributed by atoms with E-state index in [1.54, 1.807) is 0 Å². The highest BCUT2D eigenvalue weighted by Crippen LogP contribution is 2.34. The average Bonchev–Trinajstić information content (AvgIpc) is 2.61. The van der Waals surface area contributed by atoms with Crippen LogP contribution >= 0.6 is 23.4 Å². The monoisotopic (exact) mass is 255 g/mol. The van der Waals surface area contributed by atoms with Crippen LogP contribution in [0.1, 0.15) is 24.1 Å². The van der Waals surface area contributed by atoms with E-state index in [0.717, 1.165) is 13.0 Å². The first-order valence-electron chi connectivity index (χ1n) is 5.86. The summed E-state index contributed by atoms with van der Waals surface area (Å²) in [5, 5.41) is 3.78. The summed E-state index contributed by atoms with van der Waals surface area (Å²) in [6, 6.07) is 8.92. The van der Waals surface area contributed by atoms with Crippen LogP contribution in [-0.2, 0) is 6.42 Å². The maximum atomic E-state index is 6.39. The summed E-state index contributed by atoms with van der Waals surface area (Å²) in [6.07, 6.45) is 0.996. The van der Waals surface area contributed by atoms with Gasteiger partial charge < -0.3 is 5.32 Å². The zero-order chi connectivity index (χ0) is 11.4. The lowest BCUT2D eigenvalue weighted by Crippen LogP contribution is -2.27. The van der Waals surface area contributed by atoms with Crippen molar-refractivity contribution < 1.29 is 0 Å². The van der Waals surface area contributed by atoms with Crippen LogP contribution in [-0.4, -0.2) is 23.4 Å². The molecule has 0 spiro atoms. The molecule has 0 radical (unpaired) electrons. The lowest BCUT2D eigenvalue weighted by atomic mass is 10.1. The molecule has 1 aliphatic carbocycles. The van der Waals surface area contributed by atoms with Crippen molar-refractivity contribution in [3.8, 4) is 0 Å². The Balaban J connectivity index is 1.94. The molecule has 1 aromatic rings. The standard InChI is InChI=1S/C13H18ClNS/c1-2-16-8-7-15-13-11-6-4-3-5-10(11)9-12(13)14/h3-6,12-13,15H,2,7-9H2,1H3. The van der Waals surface area contributed by atoms with Gasteiger partial charge in [-0.15, -0.1) is 11.6 Å². The molecule has 0 aliphatic heterocycles. The van der Waals surface area contributed by atoms with Gasteiger partial charge in [0.25, 0.3) is 0 Å². The number of hydrogen-bond donors (Lipinski definition) is 1. The number of fused-ring (bicyclic) bond motifs is 1. The van der Waals surface area contributed by atoms with Gasteiger partial charge in [-0.1, -0.05) is 31.2 Å². The molecule has 0 saturated heterocycles. The molecule has 0 fully saturated rings. The second-order valence-electron chi connectivity index (χ2n) is 4.05. The van der Waals surface area contributed by atoms with Gasteiger partial charge in [0.05, 0.1) is 5.38 Å². The lowest BCUT2D eigenvalue weighted by molar-refractivity contribution is 0.558. The summed E-state index contributed by atoms with van der Waals surface area (Å²) < 4.78 is 0. The molecule has 2 rings (SSSR count). The van der Waals surface area contributed by atoms with E-state index in [-0.39, 0.29) is 5.38 Å². The Morgan fingerprint density at radius 3 is 3.06 bits per heavy atom. The molecular weight excluding hydrogens is 238 g/mol. The number of nitrogens with one attached hydrogen (secondary N) is 1. The Bertz CT molecular complexity index is 342. The molecule has 0 saturated carbocycles. The Hall–Kier alpha value is -0.180.